The zero-order chi connectivity index (χ0) is 15.4. The van der Waals surface area contributed by atoms with Crippen molar-refractivity contribution in [1.82, 2.24) is 5.32 Å². The molecule has 1 fully saturated rings. The fourth-order valence-corrected chi connectivity index (χ4v) is 3.36. The van der Waals surface area contributed by atoms with E-state index < -0.39 is 0 Å². The highest BCUT2D eigenvalue weighted by Crippen LogP contribution is 2.32. The van der Waals surface area contributed by atoms with Crippen molar-refractivity contribution in [2.75, 3.05) is 6.54 Å². The maximum atomic E-state index is 13.7. The van der Waals surface area contributed by atoms with Crippen molar-refractivity contribution in [3.8, 4) is 5.75 Å². The molecule has 118 valence electrons. The lowest BCUT2D eigenvalue weighted by atomic mass is 9.78. The molecule has 4 unspecified atom stereocenters. The molecule has 1 saturated carbocycles. The third kappa shape index (κ3) is 4.19. The molecule has 1 N–H and O–H groups in total. The summed E-state index contributed by atoms with van der Waals surface area (Å²) < 4.78 is 19.9. The molecule has 0 heterocycles. The van der Waals surface area contributed by atoms with Crippen LogP contribution in [-0.2, 0) is 0 Å². The lowest BCUT2D eigenvalue weighted by Gasteiger charge is -2.40. The van der Waals surface area contributed by atoms with Crippen molar-refractivity contribution in [3.05, 3.63) is 29.6 Å². The van der Waals surface area contributed by atoms with E-state index in [0.29, 0.717) is 29.2 Å². The number of halogens is 1. The van der Waals surface area contributed by atoms with Crippen molar-refractivity contribution in [1.29, 1.82) is 0 Å². The van der Waals surface area contributed by atoms with Gasteiger partial charge in [0.15, 0.2) is 0 Å². The molecule has 0 aliphatic heterocycles. The highest BCUT2D eigenvalue weighted by molar-refractivity contribution is 5.28. The summed E-state index contributed by atoms with van der Waals surface area (Å²) >= 11 is 0. The summed E-state index contributed by atoms with van der Waals surface area (Å²) in [6.45, 7) is 9.50. The first kappa shape index (κ1) is 16.3. The van der Waals surface area contributed by atoms with Crippen LogP contribution in [0.15, 0.2) is 18.2 Å². The SMILES string of the molecule is CCCNC1CC(C)CC(C)C1Oc1ccc(C)c(F)c1. The number of ether oxygens (including phenoxy) is 1. The summed E-state index contributed by atoms with van der Waals surface area (Å²) in [5.41, 5.74) is 0.660. The average Bonchev–Trinajstić information content (AvgIpc) is 2.43. The van der Waals surface area contributed by atoms with Gasteiger partial charge in [0.2, 0.25) is 0 Å². The van der Waals surface area contributed by atoms with E-state index in [0.717, 1.165) is 19.4 Å². The van der Waals surface area contributed by atoms with Crippen LogP contribution in [0.2, 0.25) is 0 Å². The smallest absolute Gasteiger partial charge is 0.129 e. The first-order valence-electron chi connectivity index (χ1n) is 8.17. The Balaban J connectivity index is 2.10. The Morgan fingerprint density at radius 2 is 2.05 bits per heavy atom. The maximum absolute atomic E-state index is 13.7. The van der Waals surface area contributed by atoms with Gasteiger partial charge in [-0.1, -0.05) is 26.8 Å². The number of benzene rings is 1. The monoisotopic (exact) mass is 293 g/mol. The third-order valence-electron chi connectivity index (χ3n) is 4.46. The van der Waals surface area contributed by atoms with E-state index >= 15 is 0 Å². The van der Waals surface area contributed by atoms with E-state index in [4.69, 9.17) is 4.74 Å². The van der Waals surface area contributed by atoms with Gasteiger partial charge in [0, 0.05) is 12.1 Å². The molecule has 0 spiro atoms. The molecule has 0 bridgehead atoms. The summed E-state index contributed by atoms with van der Waals surface area (Å²) in [7, 11) is 0. The van der Waals surface area contributed by atoms with Gasteiger partial charge < -0.3 is 10.1 Å². The molecule has 21 heavy (non-hydrogen) atoms. The molecule has 0 radical (unpaired) electrons. The quantitative estimate of drug-likeness (QED) is 0.873. The minimum absolute atomic E-state index is 0.120. The lowest BCUT2D eigenvalue weighted by Crippen LogP contribution is -2.51. The average molecular weight is 293 g/mol. The molecule has 1 aromatic rings. The highest BCUT2D eigenvalue weighted by Gasteiger charge is 2.35. The van der Waals surface area contributed by atoms with Crippen molar-refractivity contribution in [2.45, 2.75) is 59.1 Å². The predicted molar refractivity (Wildman–Crippen MR) is 85.2 cm³/mol. The summed E-state index contributed by atoms with van der Waals surface area (Å²) in [6.07, 6.45) is 3.53. The van der Waals surface area contributed by atoms with E-state index in [1.165, 1.54) is 12.5 Å². The van der Waals surface area contributed by atoms with Crippen molar-refractivity contribution >= 4 is 0 Å². The number of nitrogens with one attached hydrogen (secondary N) is 1. The number of rotatable bonds is 5. The van der Waals surface area contributed by atoms with Gasteiger partial charge in [-0.3, -0.25) is 0 Å². The van der Waals surface area contributed by atoms with Crippen LogP contribution >= 0.6 is 0 Å². The molecule has 3 heteroatoms. The molecule has 4 atom stereocenters. The third-order valence-corrected chi connectivity index (χ3v) is 4.46. The van der Waals surface area contributed by atoms with E-state index in [1.807, 2.05) is 6.07 Å². The Bertz CT molecular complexity index is 463. The molecular formula is C18H28FNO. The van der Waals surface area contributed by atoms with Crippen molar-refractivity contribution < 1.29 is 9.13 Å². The summed E-state index contributed by atoms with van der Waals surface area (Å²) in [4.78, 5) is 0. The van der Waals surface area contributed by atoms with Gasteiger partial charge in [0.05, 0.1) is 0 Å². The second kappa shape index (κ2) is 7.26. The molecule has 2 nitrogen and oxygen atoms in total. The Morgan fingerprint density at radius 3 is 2.71 bits per heavy atom. The first-order valence-corrected chi connectivity index (χ1v) is 8.17. The van der Waals surface area contributed by atoms with Crippen LogP contribution in [0.3, 0.4) is 0 Å². The standard InChI is InChI=1S/C18H28FNO/c1-5-8-20-17-10-12(2)9-14(4)18(17)21-15-7-6-13(3)16(19)11-15/h6-7,11-12,14,17-18,20H,5,8-10H2,1-4H3. The number of hydrogen-bond donors (Lipinski definition) is 1. The molecule has 1 aliphatic carbocycles. The van der Waals surface area contributed by atoms with Crippen LogP contribution in [0, 0.1) is 24.6 Å². The Labute approximate surface area is 128 Å². The zero-order valence-corrected chi connectivity index (χ0v) is 13.7. The molecule has 0 aromatic heterocycles. The maximum Gasteiger partial charge on any atom is 0.129 e. The fourth-order valence-electron chi connectivity index (χ4n) is 3.36. The predicted octanol–water partition coefficient (Wildman–Crippen LogP) is 4.32. The topological polar surface area (TPSA) is 21.3 Å². The van der Waals surface area contributed by atoms with Crippen LogP contribution in [-0.4, -0.2) is 18.7 Å². The molecule has 1 aliphatic rings. The number of hydrogen-bond acceptors (Lipinski definition) is 2. The van der Waals surface area contributed by atoms with Crippen LogP contribution in [0.5, 0.6) is 5.75 Å². The lowest BCUT2D eigenvalue weighted by molar-refractivity contribution is 0.0475. The van der Waals surface area contributed by atoms with E-state index in [2.05, 4.69) is 26.1 Å². The van der Waals surface area contributed by atoms with E-state index in [1.54, 1.807) is 13.0 Å². The minimum atomic E-state index is -0.192. The van der Waals surface area contributed by atoms with Gasteiger partial charge >= 0.3 is 0 Å². The largest absolute Gasteiger partial charge is 0.488 e. The van der Waals surface area contributed by atoms with Gasteiger partial charge in [0.25, 0.3) is 0 Å². The van der Waals surface area contributed by atoms with Crippen LogP contribution in [0.1, 0.15) is 45.6 Å². The Morgan fingerprint density at radius 1 is 1.29 bits per heavy atom. The van der Waals surface area contributed by atoms with Gasteiger partial charge in [-0.05, 0) is 56.2 Å². The first-order chi connectivity index (χ1) is 10.0. The minimum Gasteiger partial charge on any atom is -0.488 e. The van der Waals surface area contributed by atoms with E-state index in [-0.39, 0.29) is 11.9 Å². The second-order valence-electron chi connectivity index (χ2n) is 6.61. The van der Waals surface area contributed by atoms with Crippen molar-refractivity contribution in [3.63, 3.8) is 0 Å². The van der Waals surface area contributed by atoms with Crippen LogP contribution in [0.4, 0.5) is 4.39 Å². The van der Waals surface area contributed by atoms with Crippen molar-refractivity contribution in [2.24, 2.45) is 11.8 Å². The zero-order valence-electron chi connectivity index (χ0n) is 13.7. The van der Waals surface area contributed by atoms with Gasteiger partial charge in [-0.25, -0.2) is 4.39 Å². The normalized spacial score (nSPS) is 29.4. The fraction of sp³-hybridized carbons (Fsp3) is 0.667. The van der Waals surface area contributed by atoms with E-state index in [9.17, 15) is 4.39 Å². The summed E-state index contributed by atoms with van der Waals surface area (Å²) in [6, 6.07) is 5.53. The molecule has 0 amide bonds. The second-order valence-corrected chi connectivity index (χ2v) is 6.61. The summed E-state index contributed by atoms with van der Waals surface area (Å²) in [5.74, 6) is 1.65. The van der Waals surface area contributed by atoms with Crippen LogP contribution in [0.25, 0.3) is 0 Å². The molecule has 2 rings (SSSR count). The molecule has 1 aromatic carbocycles. The molecular weight excluding hydrogens is 265 g/mol. The van der Waals surface area contributed by atoms with Gasteiger partial charge in [-0.15, -0.1) is 0 Å². The highest BCUT2D eigenvalue weighted by atomic mass is 19.1. The van der Waals surface area contributed by atoms with Gasteiger partial charge in [-0.2, -0.15) is 0 Å². The molecule has 0 saturated heterocycles. The Hall–Kier alpha value is -1.09. The number of aryl methyl sites for hydroxylation is 1. The Kier molecular flexibility index (Phi) is 5.63. The van der Waals surface area contributed by atoms with Gasteiger partial charge in [0.1, 0.15) is 17.7 Å². The summed E-state index contributed by atoms with van der Waals surface area (Å²) in [5, 5.41) is 3.61. The van der Waals surface area contributed by atoms with Crippen LogP contribution < -0.4 is 10.1 Å².